The molecule has 2 aromatic heterocycles. The summed E-state index contributed by atoms with van der Waals surface area (Å²) in [5.41, 5.74) is 1.14. The molecule has 0 atom stereocenters. The third-order valence-electron chi connectivity index (χ3n) is 3.59. The number of rotatable bonds is 5. The van der Waals surface area contributed by atoms with Gasteiger partial charge in [0.05, 0.1) is 5.56 Å². The largest absolute Gasteiger partial charge is 0.452 e. The van der Waals surface area contributed by atoms with E-state index in [0.29, 0.717) is 22.5 Å². The van der Waals surface area contributed by atoms with E-state index in [9.17, 15) is 9.59 Å². The molecule has 3 rings (SSSR count). The molecule has 0 saturated heterocycles. The first kappa shape index (κ1) is 19.2. The zero-order valence-electron chi connectivity index (χ0n) is 15.8. The molecule has 0 aliphatic rings. The second kappa shape index (κ2) is 7.99. The summed E-state index contributed by atoms with van der Waals surface area (Å²) in [6.07, 6.45) is 3.25. The van der Waals surface area contributed by atoms with Gasteiger partial charge in [0.15, 0.2) is 6.61 Å². The molecule has 1 amide bonds. The van der Waals surface area contributed by atoms with Crippen molar-refractivity contribution in [2.75, 3.05) is 0 Å². The molecular weight excluding hydrogens is 360 g/mol. The Morgan fingerprint density at radius 2 is 1.82 bits per heavy atom. The molecule has 0 bridgehead atoms. The van der Waals surface area contributed by atoms with Gasteiger partial charge < -0.3 is 14.6 Å². The monoisotopic (exact) mass is 380 g/mol. The molecule has 0 radical (unpaired) electrons. The van der Waals surface area contributed by atoms with Gasteiger partial charge in [-0.15, -0.1) is 0 Å². The van der Waals surface area contributed by atoms with E-state index in [1.165, 1.54) is 12.1 Å². The molecule has 1 aromatic carbocycles. The lowest BCUT2D eigenvalue weighted by Crippen LogP contribution is -2.40. The maximum atomic E-state index is 12.2. The Labute approximate surface area is 161 Å². The van der Waals surface area contributed by atoms with Gasteiger partial charge in [-0.1, -0.05) is 5.16 Å². The smallest absolute Gasteiger partial charge is 0.338 e. The summed E-state index contributed by atoms with van der Waals surface area (Å²) < 4.78 is 10.3. The van der Waals surface area contributed by atoms with Crippen molar-refractivity contribution in [1.82, 2.24) is 20.4 Å². The zero-order chi connectivity index (χ0) is 20.1. The van der Waals surface area contributed by atoms with Crippen molar-refractivity contribution in [3.8, 4) is 11.4 Å². The minimum atomic E-state index is -0.552. The van der Waals surface area contributed by atoms with Gasteiger partial charge in [-0.25, -0.2) is 4.79 Å². The number of amides is 1. The lowest BCUT2D eigenvalue weighted by molar-refractivity contribution is 0.0429. The fourth-order valence-electron chi connectivity index (χ4n) is 2.31. The number of carbonyl (C=O) groups excluding carboxylic acids is 2. The molecule has 0 saturated carbocycles. The van der Waals surface area contributed by atoms with Crippen LogP contribution >= 0.6 is 0 Å². The van der Waals surface area contributed by atoms with Crippen LogP contribution in [0.2, 0.25) is 0 Å². The Morgan fingerprint density at radius 3 is 2.46 bits per heavy atom. The number of ether oxygens (including phenoxy) is 1. The second-order valence-electron chi connectivity index (χ2n) is 7.11. The van der Waals surface area contributed by atoms with E-state index in [2.05, 4.69) is 20.4 Å². The van der Waals surface area contributed by atoms with Crippen molar-refractivity contribution in [2.45, 2.75) is 32.9 Å². The first-order valence-corrected chi connectivity index (χ1v) is 8.64. The average Bonchev–Trinajstić information content (AvgIpc) is 3.15. The number of carbonyl (C=O) groups is 2. The number of aromatic nitrogens is 3. The highest BCUT2D eigenvalue weighted by Crippen LogP contribution is 2.15. The summed E-state index contributed by atoms with van der Waals surface area (Å²) in [7, 11) is 0. The fraction of sp³-hybridized carbons (Fsp3) is 0.250. The molecule has 3 aromatic rings. The highest BCUT2D eigenvalue weighted by Gasteiger charge is 2.16. The maximum Gasteiger partial charge on any atom is 0.338 e. The Kier molecular flexibility index (Phi) is 5.49. The molecule has 0 aliphatic heterocycles. The molecule has 0 unspecified atom stereocenters. The zero-order valence-corrected chi connectivity index (χ0v) is 15.8. The quantitative estimate of drug-likeness (QED) is 0.678. The van der Waals surface area contributed by atoms with E-state index in [4.69, 9.17) is 9.26 Å². The Hall–Kier alpha value is -3.55. The van der Waals surface area contributed by atoms with Gasteiger partial charge in [0.25, 0.3) is 11.8 Å². The third kappa shape index (κ3) is 5.00. The van der Waals surface area contributed by atoms with Crippen molar-refractivity contribution >= 4 is 11.9 Å². The molecule has 144 valence electrons. The van der Waals surface area contributed by atoms with Crippen LogP contribution in [0.1, 0.15) is 47.4 Å². The molecule has 0 aliphatic carbocycles. The van der Waals surface area contributed by atoms with Crippen molar-refractivity contribution in [2.24, 2.45) is 0 Å². The van der Waals surface area contributed by atoms with Crippen molar-refractivity contribution in [1.29, 1.82) is 0 Å². The number of pyridine rings is 1. The second-order valence-corrected chi connectivity index (χ2v) is 7.11. The summed E-state index contributed by atoms with van der Waals surface area (Å²) in [6.45, 7) is 5.54. The summed E-state index contributed by atoms with van der Waals surface area (Å²) >= 11 is 0. The van der Waals surface area contributed by atoms with E-state index < -0.39 is 5.97 Å². The highest BCUT2D eigenvalue weighted by atomic mass is 16.6. The molecule has 2 heterocycles. The molecular formula is C20H20N4O4. The lowest BCUT2D eigenvalue weighted by atomic mass is 10.1. The summed E-state index contributed by atoms with van der Waals surface area (Å²) in [4.78, 5) is 32.5. The summed E-state index contributed by atoms with van der Waals surface area (Å²) in [5.74, 6) is -0.216. The molecule has 28 heavy (non-hydrogen) atoms. The van der Waals surface area contributed by atoms with Crippen LogP contribution in [0.4, 0.5) is 0 Å². The van der Waals surface area contributed by atoms with Gasteiger partial charge in [0.2, 0.25) is 5.82 Å². The number of hydrogen-bond donors (Lipinski definition) is 1. The SMILES string of the molecule is CC(C)(C)NC(=O)c1ccc(C(=O)OCc2nc(-c3cccnc3)no2)cc1. The van der Waals surface area contributed by atoms with Crippen LogP contribution in [0, 0.1) is 0 Å². The van der Waals surface area contributed by atoms with Crippen LogP contribution in [-0.4, -0.2) is 32.5 Å². The van der Waals surface area contributed by atoms with Crippen LogP contribution < -0.4 is 5.32 Å². The van der Waals surface area contributed by atoms with Crippen LogP contribution in [-0.2, 0) is 11.3 Å². The fourth-order valence-corrected chi connectivity index (χ4v) is 2.31. The van der Waals surface area contributed by atoms with E-state index >= 15 is 0 Å². The Morgan fingerprint density at radius 1 is 1.11 bits per heavy atom. The number of esters is 1. The third-order valence-corrected chi connectivity index (χ3v) is 3.59. The van der Waals surface area contributed by atoms with Crippen LogP contribution in [0.25, 0.3) is 11.4 Å². The Balaban J connectivity index is 1.58. The van der Waals surface area contributed by atoms with Gasteiger partial charge >= 0.3 is 5.97 Å². The van der Waals surface area contributed by atoms with Gasteiger partial charge in [0, 0.05) is 29.1 Å². The van der Waals surface area contributed by atoms with Gasteiger partial charge in [-0.05, 0) is 57.2 Å². The van der Waals surface area contributed by atoms with E-state index in [0.717, 1.165) is 0 Å². The number of hydrogen-bond acceptors (Lipinski definition) is 7. The van der Waals surface area contributed by atoms with E-state index in [-0.39, 0.29) is 23.9 Å². The minimum Gasteiger partial charge on any atom is -0.452 e. The molecule has 0 fully saturated rings. The molecule has 8 heteroatoms. The number of nitrogens with one attached hydrogen (secondary N) is 1. The normalized spacial score (nSPS) is 11.1. The lowest BCUT2D eigenvalue weighted by Gasteiger charge is -2.20. The van der Waals surface area contributed by atoms with Crippen LogP contribution in [0.15, 0.2) is 53.3 Å². The van der Waals surface area contributed by atoms with Gasteiger partial charge in [-0.2, -0.15) is 4.98 Å². The van der Waals surface area contributed by atoms with E-state index in [1.54, 1.807) is 36.7 Å². The summed E-state index contributed by atoms with van der Waals surface area (Å²) in [5, 5.41) is 6.69. The summed E-state index contributed by atoms with van der Waals surface area (Å²) in [6, 6.07) is 9.78. The van der Waals surface area contributed by atoms with Gasteiger partial charge in [-0.3, -0.25) is 9.78 Å². The van der Waals surface area contributed by atoms with Crippen molar-refractivity contribution in [3.05, 3.63) is 65.8 Å². The minimum absolute atomic E-state index is 0.154. The topological polar surface area (TPSA) is 107 Å². The standard InChI is InChI=1S/C20H20N4O4/c1-20(2,3)23-18(25)13-6-8-14(9-7-13)19(26)27-12-16-22-17(24-28-16)15-5-4-10-21-11-15/h4-11H,12H2,1-3H3,(H,23,25). The molecule has 1 N–H and O–H groups in total. The van der Waals surface area contributed by atoms with Gasteiger partial charge in [0.1, 0.15) is 0 Å². The maximum absolute atomic E-state index is 12.2. The average molecular weight is 380 g/mol. The molecule has 8 nitrogen and oxygen atoms in total. The highest BCUT2D eigenvalue weighted by molar-refractivity contribution is 5.96. The Bertz CT molecular complexity index is 960. The van der Waals surface area contributed by atoms with E-state index in [1.807, 2.05) is 20.8 Å². The number of nitrogens with zero attached hydrogens (tertiary/aromatic N) is 3. The number of benzene rings is 1. The predicted octanol–water partition coefficient (Wildman–Crippen LogP) is 3.02. The molecule has 0 spiro atoms. The van der Waals surface area contributed by atoms with Crippen LogP contribution in [0.5, 0.6) is 0 Å². The van der Waals surface area contributed by atoms with Crippen LogP contribution in [0.3, 0.4) is 0 Å². The predicted molar refractivity (Wildman–Crippen MR) is 100 cm³/mol. The first-order chi connectivity index (χ1) is 13.3. The van der Waals surface area contributed by atoms with Crippen molar-refractivity contribution in [3.63, 3.8) is 0 Å². The first-order valence-electron chi connectivity index (χ1n) is 8.64. The van der Waals surface area contributed by atoms with Crippen molar-refractivity contribution < 1.29 is 18.8 Å².